The van der Waals surface area contributed by atoms with Crippen molar-refractivity contribution in [2.75, 3.05) is 37.4 Å². The van der Waals surface area contributed by atoms with Gasteiger partial charge in [0.2, 0.25) is 5.91 Å². The van der Waals surface area contributed by atoms with E-state index in [2.05, 4.69) is 22.5 Å². The van der Waals surface area contributed by atoms with Crippen LogP contribution < -0.4 is 15.5 Å². The molecule has 1 aliphatic heterocycles. The van der Waals surface area contributed by atoms with Crippen LogP contribution in [0.2, 0.25) is 0 Å². The Balaban J connectivity index is 2.19. The largest absolute Gasteiger partial charge is 0.376 e. The van der Waals surface area contributed by atoms with Crippen molar-refractivity contribution in [2.24, 2.45) is 5.41 Å². The molecule has 1 unspecified atom stereocenters. The van der Waals surface area contributed by atoms with Gasteiger partial charge in [0.15, 0.2) is 0 Å². The predicted molar refractivity (Wildman–Crippen MR) is 77.4 cm³/mol. The maximum atomic E-state index is 12.5. The van der Waals surface area contributed by atoms with Gasteiger partial charge in [0, 0.05) is 26.8 Å². The minimum absolute atomic E-state index is 0.0936. The lowest BCUT2D eigenvalue weighted by atomic mass is 9.83. The van der Waals surface area contributed by atoms with E-state index in [9.17, 15) is 4.79 Å². The molecule has 0 radical (unpaired) electrons. The summed E-state index contributed by atoms with van der Waals surface area (Å²) < 4.78 is 0. The molecule has 104 valence electrons. The van der Waals surface area contributed by atoms with E-state index in [0.717, 1.165) is 37.3 Å². The minimum atomic E-state index is -0.278. The fourth-order valence-electron chi connectivity index (χ4n) is 2.53. The average molecular weight is 262 g/mol. The van der Waals surface area contributed by atoms with Gasteiger partial charge in [0.05, 0.1) is 23.0 Å². The molecule has 1 aromatic rings. The van der Waals surface area contributed by atoms with Crippen molar-refractivity contribution in [1.82, 2.24) is 10.3 Å². The van der Waals surface area contributed by atoms with E-state index in [1.54, 1.807) is 12.4 Å². The number of pyridine rings is 1. The van der Waals surface area contributed by atoms with E-state index in [-0.39, 0.29) is 11.3 Å². The molecule has 1 amide bonds. The topological polar surface area (TPSA) is 57.3 Å². The summed E-state index contributed by atoms with van der Waals surface area (Å²) in [4.78, 5) is 18.6. The van der Waals surface area contributed by atoms with Gasteiger partial charge in [0.25, 0.3) is 0 Å². The highest BCUT2D eigenvalue weighted by Crippen LogP contribution is 2.32. The van der Waals surface area contributed by atoms with Crippen LogP contribution in [0.1, 0.15) is 19.8 Å². The van der Waals surface area contributed by atoms with E-state index >= 15 is 0 Å². The third kappa shape index (κ3) is 2.71. The molecular formula is C14H22N4O. The summed E-state index contributed by atoms with van der Waals surface area (Å²) >= 11 is 0. The second kappa shape index (κ2) is 5.57. The van der Waals surface area contributed by atoms with E-state index in [1.807, 2.05) is 25.1 Å². The Bertz CT molecular complexity index is 453. The standard InChI is InChI=1S/C14H22N4O/c1-4-14(6-8-16-10-14)13(19)17-11-9-15-7-5-12(11)18(2)3/h5,7,9,16H,4,6,8,10H2,1-3H3,(H,17,19). The number of rotatable bonds is 4. The summed E-state index contributed by atoms with van der Waals surface area (Å²) in [5, 5.41) is 6.32. The van der Waals surface area contributed by atoms with Crippen LogP contribution in [0.25, 0.3) is 0 Å². The summed E-state index contributed by atoms with van der Waals surface area (Å²) in [6.07, 6.45) is 5.19. The van der Waals surface area contributed by atoms with Crippen molar-refractivity contribution >= 4 is 17.3 Å². The Morgan fingerprint density at radius 2 is 2.37 bits per heavy atom. The van der Waals surface area contributed by atoms with Crippen molar-refractivity contribution in [2.45, 2.75) is 19.8 Å². The summed E-state index contributed by atoms with van der Waals surface area (Å²) in [5.74, 6) is 0.0936. The normalized spacial score (nSPS) is 22.3. The lowest BCUT2D eigenvalue weighted by Gasteiger charge is -2.26. The summed E-state index contributed by atoms with van der Waals surface area (Å²) in [6, 6.07) is 1.90. The van der Waals surface area contributed by atoms with Gasteiger partial charge in [0.1, 0.15) is 0 Å². The van der Waals surface area contributed by atoms with Gasteiger partial charge in [-0.15, -0.1) is 0 Å². The van der Waals surface area contributed by atoms with Gasteiger partial charge in [-0.2, -0.15) is 0 Å². The smallest absolute Gasteiger partial charge is 0.232 e. The number of nitrogens with one attached hydrogen (secondary N) is 2. The van der Waals surface area contributed by atoms with E-state index in [1.165, 1.54) is 0 Å². The van der Waals surface area contributed by atoms with Gasteiger partial charge in [-0.1, -0.05) is 6.92 Å². The Morgan fingerprint density at radius 1 is 1.58 bits per heavy atom. The zero-order valence-electron chi connectivity index (χ0n) is 11.9. The summed E-state index contributed by atoms with van der Waals surface area (Å²) in [6.45, 7) is 3.74. The molecule has 1 aliphatic rings. The predicted octanol–water partition coefficient (Wildman–Crippen LogP) is 1.48. The molecule has 19 heavy (non-hydrogen) atoms. The molecule has 2 heterocycles. The molecule has 1 fully saturated rings. The Kier molecular flexibility index (Phi) is 4.04. The highest BCUT2D eigenvalue weighted by Gasteiger charge is 2.39. The molecule has 0 aromatic carbocycles. The Labute approximate surface area is 114 Å². The first-order chi connectivity index (χ1) is 9.09. The van der Waals surface area contributed by atoms with Crippen LogP contribution in [0, 0.1) is 5.41 Å². The fourth-order valence-corrected chi connectivity index (χ4v) is 2.53. The zero-order valence-corrected chi connectivity index (χ0v) is 11.9. The van der Waals surface area contributed by atoms with Crippen LogP contribution in [0.15, 0.2) is 18.5 Å². The van der Waals surface area contributed by atoms with Gasteiger partial charge in [-0.05, 0) is 25.5 Å². The molecule has 1 atom stereocenters. The lowest BCUT2D eigenvalue weighted by molar-refractivity contribution is -0.124. The van der Waals surface area contributed by atoms with Crippen molar-refractivity contribution in [3.05, 3.63) is 18.5 Å². The first kappa shape index (κ1) is 13.8. The first-order valence-corrected chi connectivity index (χ1v) is 6.72. The third-order valence-electron chi connectivity index (χ3n) is 3.93. The monoisotopic (exact) mass is 262 g/mol. The number of hydrogen-bond donors (Lipinski definition) is 2. The molecule has 1 aromatic heterocycles. The molecular weight excluding hydrogens is 240 g/mol. The van der Waals surface area contributed by atoms with E-state index in [4.69, 9.17) is 0 Å². The van der Waals surface area contributed by atoms with Crippen LogP contribution in [0.4, 0.5) is 11.4 Å². The van der Waals surface area contributed by atoms with Crippen LogP contribution in [-0.2, 0) is 4.79 Å². The number of nitrogens with zero attached hydrogens (tertiary/aromatic N) is 2. The van der Waals surface area contributed by atoms with Crippen LogP contribution in [-0.4, -0.2) is 38.1 Å². The quantitative estimate of drug-likeness (QED) is 0.863. The van der Waals surface area contributed by atoms with Crippen molar-refractivity contribution in [1.29, 1.82) is 0 Å². The van der Waals surface area contributed by atoms with E-state index in [0.29, 0.717) is 0 Å². The number of hydrogen-bond acceptors (Lipinski definition) is 4. The van der Waals surface area contributed by atoms with Crippen molar-refractivity contribution in [3.8, 4) is 0 Å². The number of anilines is 2. The fraction of sp³-hybridized carbons (Fsp3) is 0.571. The van der Waals surface area contributed by atoms with Gasteiger partial charge in [-0.3, -0.25) is 9.78 Å². The number of carbonyl (C=O) groups excluding carboxylic acids is 1. The molecule has 0 spiro atoms. The Morgan fingerprint density at radius 3 is 2.95 bits per heavy atom. The average Bonchev–Trinajstić information content (AvgIpc) is 2.89. The minimum Gasteiger partial charge on any atom is -0.376 e. The SMILES string of the molecule is CCC1(C(=O)Nc2cnccc2N(C)C)CCNC1. The van der Waals surface area contributed by atoms with Crippen LogP contribution in [0.3, 0.4) is 0 Å². The molecule has 0 aliphatic carbocycles. The number of amides is 1. The van der Waals surface area contributed by atoms with Gasteiger partial charge < -0.3 is 15.5 Å². The molecule has 2 rings (SSSR count). The highest BCUT2D eigenvalue weighted by atomic mass is 16.2. The van der Waals surface area contributed by atoms with E-state index < -0.39 is 0 Å². The van der Waals surface area contributed by atoms with Gasteiger partial charge in [-0.25, -0.2) is 0 Å². The molecule has 0 bridgehead atoms. The van der Waals surface area contributed by atoms with Crippen LogP contribution in [0.5, 0.6) is 0 Å². The third-order valence-corrected chi connectivity index (χ3v) is 3.93. The molecule has 1 saturated heterocycles. The van der Waals surface area contributed by atoms with Crippen molar-refractivity contribution in [3.63, 3.8) is 0 Å². The highest BCUT2D eigenvalue weighted by molar-refractivity contribution is 5.98. The van der Waals surface area contributed by atoms with Crippen LogP contribution >= 0.6 is 0 Å². The lowest BCUT2D eigenvalue weighted by Crippen LogP contribution is -2.37. The maximum absolute atomic E-state index is 12.5. The molecule has 5 nitrogen and oxygen atoms in total. The molecule has 0 saturated carbocycles. The summed E-state index contributed by atoms with van der Waals surface area (Å²) in [5.41, 5.74) is 1.47. The van der Waals surface area contributed by atoms with Gasteiger partial charge >= 0.3 is 0 Å². The summed E-state index contributed by atoms with van der Waals surface area (Å²) in [7, 11) is 3.91. The second-order valence-electron chi connectivity index (χ2n) is 5.30. The zero-order chi connectivity index (χ0) is 13.9. The molecule has 5 heteroatoms. The Hall–Kier alpha value is -1.62. The van der Waals surface area contributed by atoms with Crippen molar-refractivity contribution < 1.29 is 4.79 Å². The number of carbonyl (C=O) groups is 1. The second-order valence-corrected chi connectivity index (χ2v) is 5.30. The maximum Gasteiger partial charge on any atom is 0.232 e. The first-order valence-electron chi connectivity index (χ1n) is 6.72. The number of aromatic nitrogens is 1. The molecule has 2 N–H and O–H groups in total.